The Morgan fingerprint density at radius 3 is 2.88 bits per heavy atom. The summed E-state index contributed by atoms with van der Waals surface area (Å²) >= 11 is 0. The van der Waals surface area contributed by atoms with Crippen molar-refractivity contribution in [3.63, 3.8) is 0 Å². The topological polar surface area (TPSA) is 93.0 Å². The number of carbonyl (C=O) groups is 1. The van der Waals surface area contributed by atoms with Crippen molar-refractivity contribution in [1.29, 1.82) is 0 Å². The van der Waals surface area contributed by atoms with E-state index >= 15 is 0 Å². The van der Waals surface area contributed by atoms with Gasteiger partial charge in [-0.25, -0.2) is 14.6 Å². The summed E-state index contributed by atoms with van der Waals surface area (Å²) in [6.07, 6.45) is 6.05. The number of nitrogens with one attached hydrogen (secondary N) is 1. The highest BCUT2D eigenvalue weighted by atomic mass is 16.2. The lowest BCUT2D eigenvalue weighted by molar-refractivity contribution is 0.0925. The normalized spacial score (nSPS) is 17.3. The van der Waals surface area contributed by atoms with E-state index in [0.29, 0.717) is 19.0 Å². The first kappa shape index (κ1) is 17.1. The minimum absolute atomic E-state index is 0.00147. The summed E-state index contributed by atoms with van der Waals surface area (Å²) in [7, 11) is 0. The molecule has 1 saturated heterocycles. The van der Waals surface area contributed by atoms with Crippen LogP contribution in [0.2, 0.25) is 0 Å². The lowest BCUT2D eigenvalue weighted by Crippen LogP contribution is -2.48. The van der Waals surface area contributed by atoms with Gasteiger partial charge < -0.3 is 10.2 Å². The molecule has 1 fully saturated rings. The van der Waals surface area contributed by atoms with Crippen LogP contribution >= 0.6 is 0 Å². The monoisotopic (exact) mass is 342 g/mol. The van der Waals surface area contributed by atoms with Gasteiger partial charge in [0, 0.05) is 44.1 Å². The summed E-state index contributed by atoms with van der Waals surface area (Å²) in [4.78, 5) is 34.8. The van der Waals surface area contributed by atoms with Gasteiger partial charge in [-0.05, 0) is 31.4 Å². The maximum atomic E-state index is 12.5. The molecule has 132 valence electrons. The number of anilines is 1. The Morgan fingerprint density at radius 1 is 1.32 bits per heavy atom. The van der Waals surface area contributed by atoms with Crippen molar-refractivity contribution >= 4 is 11.9 Å². The average Bonchev–Trinajstić information content (AvgIpc) is 2.64. The second-order valence-corrected chi connectivity index (χ2v) is 6.09. The van der Waals surface area contributed by atoms with Crippen LogP contribution in [-0.4, -0.2) is 44.8 Å². The molecule has 0 radical (unpaired) electrons. The Hall–Kier alpha value is -2.77. The summed E-state index contributed by atoms with van der Waals surface area (Å²) in [6.45, 7) is 3.99. The SMILES string of the molecule is CCCn1nc(C(=O)N[C@@H]2CCCN(c3ncccn3)C2)ccc1=O. The fourth-order valence-electron chi connectivity index (χ4n) is 2.93. The molecule has 1 atom stereocenters. The van der Waals surface area contributed by atoms with Gasteiger partial charge >= 0.3 is 0 Å². The number of aryl methyl sites for hydroxylation is 1. The molecule has 0 aromatic carbocycles. The number of nitrogens with zero attached hydrogens (tertiary/aromatic N) is 5. The van der Waals surface area contributed by atoms with Crippen LogP contribution in [0.25, 0.3) is 0 Å². The van der Waals surface area contributed by atoms with E-state index in [2.05, 4.69) is 25.3 Å². The van der Waals surface area contributed by atoms with Crippen molar-refractivity contribution in [1.82, 2.24) is 25.1 Å². The largest absolute Gasteiger partial charge is 0.346 e. The quantitative estimate of drug-likeness (QED) is 0.866. The molecule has 8 nitrogen and oxygen atoms in total. The summed E-state index contributed by atoms with van der Waals surface area (Å²) in [5, 5.41) is 7.17. The van der Waals surface area contributed by atoms with E-state index in [9.17, 15) is 9.59 Å². The van der Waals surface area contributed by atoms with Gasteiger partial charge in [0.25, 0.3) is 11.5 Å². The Balaban J connectivity index is 1.66. The van der Waals surface area contributed by atoms with Crippen molar-refractivity contribution in [3.8, 4) is 0 Å². The van der Waals surface area contributed by atoms with E-state index < -0.39 is 0 Å². The van der Waals surface area contributed by atoms with E-state index in [0.717, 1.165) is 25.8 Å². The fraction of sp³-hybridized carbons (Fsp3) is 0.471. The van der Waals surface area contributed by atoms with Gasteiger partial charge in [0.05, 0.1) is 0 Å². The van der Waals surface area contributed by atoms with Crippen LogP contribution in [0.1, 0.15) is 36.7 Å². The highest BCUT2D eigenvalue weighted by Gasteiger charge is 2.24. The second-order valence-electron chi connectivity index (χ2n) is 6.09. The lowest BCUT2D eigenvalue weighted by atomic mass is 10.1. The number of amides is 1. The number of aromatic nitrogens is 4. The zero-order valence-electron chi connectivity index (χ0n) is 14.3. The van der Waals surface area contributed by atoms with Crippen LogP contribution in [0.3, 0.4) is 0 Å². The molecular weight excluding hydrogens is 320 g/mol. The molecule has 0 unspecified atom stereocenters. The standard InChI is InChI=1S/C17H22N6O2/c1-2-10-23-15(24)7-6-14(21-23)16(25)20-13-5-3-11-22(12-13)17-18-8-4-9-19-17/h4,6-9,13H,2-3,5,10-12H2,1H3,(H,20,25)/t13-/m1/s1. The summed E-state index contributed by atoms with van der Waals surface area (Å²) < 4.78 is 1.33. The zero-order valence-corrected chi connectivity index (χ0v) is 14.3. The van der Waals surface area contributed by atoms with Crippen LogP contribution in [-0.2, 0) is 6.54 Å². The molecule has 25 heavy (non-hydrogen) atoms. The van der Waals surface area contributed by atoms with Crippen molar-refractivity contribution in [2.24, 2.45) is 0 Å². The van der Waals surface area contributed by atoms with E-state index in [4.69, 9.17) is 0 Å². The van der Waals surface area contributed by atoms with Crippen molar-refractivity contribution in [3.05, 3.63) is 46.6 Å². The second kappa shape index (κ2) is 7.87. The first-order valence-corrected chi connectivity index (χ1v) is 8.58. The highest BCUT2D eigenvalue weighted by Crippen LogP contribution is 2.15. The number of piperidine rings is 1. The van der Waals surface area contributed by atoms with E-state index in [1.165, 1.54) is 16.8 Å². The van der Waals surface area contributed by atoms with E-state index in [-0.39, 0.29) is 23.2 Å². The molecule has 0 saturated carbocycles. The smallest absolute Gasteiger partial charge is 0.272 e. The molecule has 0 aliphatic carbocycles. The summed E-state index contributed by atoms with van der Waals surface area (Å²) in [5.41, 5.74) is 0.0737. The third-order valence-electron chi connectivity index (χ3n) is 4.13. The molecule has 1 aliphatic heterocycles. The Bertz CT molecular complexity index is 776. The molecule has 3 heterocycles. The number of rotatable bonds is 5. The molecule has 0 spiro atoms. The van der Waals surface area contributed by atoms with E-state index in [1.54, 1.807) is 18.5 Å². The van der Waals surface area contributed by atoms with Gasteiger partial charge in [-0.2, -0.15) is 5.10 Å². The van der Waals surface area contributed by atoms with Gasteiger partial charge in [0.15, 0.2) is 0 Å². The van der Waals surface area contributed by atoms with Gasteiger partial charge in [-0.3, -0.25) is 9.59 Å². The molecule has 1 aliphatic rings. The van der Waals surface area contributed by atoms with Crippen LogP contribution < -0.4 is 15.8 Å². The van der Waals surface area contributed by atoms with Gasteiger partial charge in [0.2, 0.25) is 5.95 Å². The zero-order chi connectivity index (χ0) is 17.6. The van der Waals surface area contributed by atoms with E-state index in [1.807, 2.05) is 6.92 Å². The number of hydrogen-bond donors (Lipinski definition) is 1. The molecule has 8 heteroatoms. The maximum absolute atomic E-state index is 12.5. The summed E-state index contributed by atoms with van der Waals surface area (Å²) in [5.74, 6) is 0.418. The van der Waals surface area contributed by atoms with Crippen LogP contribution in [0.15, 0.2) is 35.4 Å². The molecule has 2 aromatic rings. The lowest BCUT2D eigenvalue weighted by Gasteiger charge is -2.33. The number of carbonyl (C=O) groups excluding carboxylic acids is 1. The van der Waals surface area contributed by atoms with Crippen LogP contribution in [0, 0.1) is 0 Å². The Labute approximate surface area is 145 Å². The molecule has 2 aromatic heterocycles. The van der Waals surface area contributed by atoms with Gasteiger partial charge in [-0.15, -0.1) is 0 Å². The molecule has 3 rings (SSSR count). The van der Waals surface area contributed by atoms with Crippen molar-refractivity contribution in [2.45, 2.75) is 38.8 Å². The van der Waals surface area contributed by atoms with Crippen molar-refractivity contribution in [2.75, 3.05) is 18.0 Å². The first-order valence-electron chi connectivity index (χ1n) is 8.58. The average molecular weight is 342 g/mol. The Morgan fingerprint density at radius 2 is 2.12 bits per heavy atom. The summed E-state index contributed by atoms with van der Waals surface area (Å²) in [6, 6.07) is 4.65. The predicted molar refractivity (Wildman–Crippen MR) is 93.5 cm³/mol. The molecule has 0 bridgehead atoms. The fourth-order valence-corrected chi connectivity index (χ4v) is 2.93. The number of hydrogen-bond acceptors (Lipinski definition) is 6. The Kier molecular flexibility index (Phi) is 5.37. The third-order valence-corrected chi connectivity index (χ3v) is 4.13. The van der Waals surface area contributed by atoms with Crippen LogP contribution in [0.4, 0.5) is 5.95 Å². The first-order chi connectivity index (χ1) is 12.2. The third kappa shape index (κ3) is 4.20. The molecule has 1 N–H and O–H groups in total. The van der Waals surface area contributed by atoms with Gasteiger partial charge in [-0.1, -0.05) is 6.92 Å². The maximum Gasteiger partial charge on any atom is 0.272 e. The highest BCUT2D eigenvalue weighted by molar-refractivity contribution is 5.92. The minimum Gasteiger partial charge on any atom is -0.346 e. The minimum atomic E-state index is -0.259. The molecule has 1 amide bonds. The van der Waals surface area contributed by atoms with Crippen LogP contribution in [0.5, 0.6) is 0 Å². The predicted octanol–water partition coefficient (Wildman–Crippen LogP) is 0.842. The molecular formula is C17H22N6O2. The van der Waals surface area contributed by atoms with Gasteiger partial charge in [0.1, 0.15) is 5.69 Å². The van der Waals surface area contributed by atoms with Crippen molar-refractivity contribution < 1.29 is 4.79 Å².